The summed E-state index contributed by atoms with van der Waals surface area (Å²) in [5, 5.41) is 3.20. The zero-order valence-corrected chi connectivity index (χ0v) is 8.47. The van der Waals surface area contributed by atoms with E-state index in [1.807, 2.05) is 6.92 Å². The fraction of sp³-hybridized carbons (Fsp3) is 0.455. The van der Waals surface area contributed by atoms with Crippen LogP contribution in [0.3, 0.4) is 0 Å². The fourth-order valence-electron chi connectivity index (χ4n) is 1.66. The molecule has 1 aliphatic rings. The second-order valence-corrected chi connectivity index (χ2v) is 3.83. The smallest absolute Gasteiger partial charge is 0.126 e. The van der Waals surface area contributed by atoms with Crippen molar-refractivity contribution in [3.8, 4) is 0 Å². The monoisotopic (exact) mass is 213 g/mol. The quantitative estimate of drug-likeness (QED) is 0.770. The molecule has 0 unspecified atom stereocenters. The van der Waals surface area contributed by atoms with Gasteiger partial charge in [0.1, 0.15) is 11.6 Å². The van der Waals surface area contributed by atoms with E-state index in [-0.39, 0.29) is 6.10 Å². The molecule has 82 valence electrons. The highest BCUT2D eigenvalue weighted by Gasteiger charge is 2.20. The topological polar surface area (TPSA) is 21.3 Å². The predicted octanol–water partition coefficient (Wildman–Crippen LogP) is 2.01. The Kier molecular flexibility index (Phi) is 2.98. The Morgan fingerprint density at radius 1 is 1.27 bits per heavy atom. The molecule has 1 fully saturated rings. The molecule has 1 aromatic carbocycles. The van der Waals surface area contributed by atoms with Gasteiger partial charge in [0.25, 0.3) is 0 Å². The predicted molar refractivity (Wildman–Crippen MR) is 52.5 cm³/mol. The molecule has 2 nitrogen and oxygen atoms in total. The number of benzene rings is 1. The Balaban J connectivity index is 2.15. The maximum Gasteiger partial charge on any atom is 0.126 e. The van der Waals surface area contributed by atoms with Crippen molar-refractivity contribution in [2.24, 2.45) is 0 Å². The summed E-state index contributed by atoms with van der Waals surface area (Å²) in [6.07, 6.45) is -0.258. The molecule has 0 spiro atoms. The summed E-state index contributed by atoms with van der Waals surface area (Å²) in [6.45, 7) is 3.15. The normalized spacial score (nSPS) is 26.6. The lowest BCUT2D eigenvalue weighted by Gasteiger charge is -2.28. The van der Waals surface area contributed by atoms with Gasteiger partial charge in [0.2, 0.25) is 0 Å². The first-order valence-electron chi connectivity index (χ1n) is 4.96. The Bertz CT molecular complexity index is 328. The van der Waals surface area contributed by atoms with Crippen LogP contribution in [0.4, 0.5) is 8.78 Å². The molecule has 4 heteroatoms. The highest BCUT2D eigenvalue weighted by Crippen LogP contribution is 2.21. The standard InChI is InChI=1S/C11H13F2NO/c1-7-6-15-11(5-14-7)8-2-9(12)4-10(13)3-8/h2-4,7,11,14H,5-6H2,1H3/t7-,11-/m1/s1. The van der Waals surface area contributed by atoms with E-state index in [2.05, 4.69) is 5.32 Å². The lowest BCUT2D eigenvalue weighted by molar-refractivity contribution is 0.00664. The first-order valence-corrected chi connectivity index (χ1v) is 4.96. The van der Waals surface area contributed by atoms with E-state index in [1.54, 1.807) is 0 Å². The Labute approximate surface area is 87.2 Å². The maximum absolute atomic E-state index is 12.9. The van der Waals surface area contributed by atoms with Crippen LogP contribution in [0.2, 0.25) is 0 Å². The van der Waals surface area contributed by atoms with Crippen molar-refractivity contribution in [1.82, 2.24) is 5.32 Å². The van der Waals surface area contributed by atoms with Crippen LogP contribution < -0.4 is 5.32 Å². The van der Waals surface area contributed by atoms with Gasteiger partial charge in [0.15, 0.2) is 0 Å². The third-order valence-corrected chi connectivity index (χ3v) is 2.46. The fourth-order valence-corrected chi connectivity index (χ4v) is 1.66. The van der Waals surface area contributed by atoms with Crippen molar-refractivity contribution in [2.75, 3.05) is 13.2 Å². The van der Waals surface area contributed by atoms with Crippen LogP contribution in [0.15, 0.2) is 18.2 Å². The van der Waals surface area contributed by atoms with Crippen LogP contribution >= 0.6 is 0 Å². The molecule has 0 saturated carbocycles. The minimum Gasteiger partial charge on any atom is -0.371 e. The molecule has 0 bridgehead atoms. The zero-order valence-electron chi connectivity index (χ0n) is 8.47. The van der Waals surface area contributed by atoms with Gasteiger partial charge in [-0.15, -0.1) is 0 Å². The first kappa shape index (κ1) is 10.5. The molecule has 0 aliphatic carbocycles. The van der Waals surface area contributed by atoms with E-state index < -0.39 is 11.6 Å². The highest BCUT2D eigenvalue weighted by molar-refractivity contribution is 5.21. The minimum absolute atomic E-state index is 0.258. The van der Waals surface area contributed by atoms with Crippen molar-refractivity contribution in [1.29, 1.82) is 0 Å². The summed E-state index contributed by atoms with van der Waals surface area (Å²) in [5.41, 5.74) is 0.548. The number of hydrogen-bond acceptors (Lipinski definition) is 2. The average molecular weight is 213 g/mol. The van der Waals surface area contributed by atoms with Gasteiger partial charge >= 0.3 is 0 Å². The number of rotatable bonds is 1. The van der Waals surface area contributed by atoms with Gasteiger partial charge in [-0.3, -0.25) is 0 Å². The van der Waals surface area contributed by atoms with Crippen molar-refractivity contribution in [3.63, 3.8) is 0 Å². The molecule has 0 radical (unpaired) electrons. The maximum atomic E-state index is 12.9. The van der Waals surface area contributed by atoms with Crippen LogP contribution in [0.5, 0.6) is 0 Å². The van der Waals surface area contributed by atoms with E-state index >= 15 is 0 Å². The van der Waals surface area contributed by atoms with Gasteiger partial charge < -0.3 is 10.1 Å². The van der Waals surface area contributed by atoms with E-state index in [0.29, 0.717) is 24.8 Å². The minimum atomic E-state index is -0.563. The van der Waals surface area contributed by atoms with Gasteiger partial charge in [0.05, 0.1) is 12.7 Å². The van der Waals surface area contributed by atoms with E-state index in [1.165, 1.54) is 12.1 Å². The summed E-state index contributed by atoms with van der Waals surface area (Å²) >= 11 is 0. The number of halogens is 2. The molecular formula is C11H13F2NO. The van der Waals surface area contributed by atoms with Gasteiger partial charge in [-0.05, 0) is 24.6 Å². The largest absolute Gasteiger partial charge is 0.371 e. The summed E-state index contributed by atoms with van der Waals surface area (Å²) in [6, 6.07) is 3.78. The summed E-state index contributed by atoms with van der Waals surface area (Å²) in [7, 11) is 0. The molecule has 2 rings (SSSR count). The zero-order chi connectivity index (χ0) is 10.8. The van der Waals surface area contributed by atoms with Crippen LogP contribution in [0.25, 0.3) is 0 Å². The average Bonchev–Trinajstić information content (AvgIpc) is 2.17. The lowest BCUT2D eigenvalue weighted by atomic mass is 10.1. The Hall–Kier alpha value is -1.00. The van der Waals surface area contributed by atoms with Crippen LogP contribution in [0, 0.1) is 11.6 Å². The third kappa shape index (κ3) is 2.52. The summed E-state index contributed by atoms with van der Waals surface area (Å²) in [5.74, 6) is -1.13. The number of ether oxygens (including phenoxy) is 1. The highest BCUT2D eigenvalue weighted by atomic mass is 19.1. The van der Waals surface area contributed by atoms with Crippen LogP contribution in [-0.2, 0) is 4.74 Å². The molecule has 1 saturated heterocycles. The van der Waals surface area contributed by atoms with Crippen molar-refractivity contribution < 1.29 is 13.5 Å². The van der Waals surface area contributed by atoms with Gasteiger partial charge in [-0.1, -0.05) is 0 Å². The molecular weight excluding hydrogens is 200 g/mol. The number of morpholine rings is 1. The second-order valence-electron chi connectivity index (χ2n) is 3.83. The Morgan fingerprint density at radius 2 is 1.93 bits per heavy atom. The summed E-state index contributed by atoms with van der Waals surface area (Å²) in [4.78, 5) is 0. The van der Waals surface area contributed by atoms with Gasteiger partial charge in [-0.25, -0.2) is 8.78 Å². The molecule has 2 atom stereocenters. The van der Waals surface area contributed by atoms with Crippen LogP contribution in [-0.4, -0.2) is 19.2 Å². The van der Waals surface area contributed by atoms with E-state index in [4.69, 9.17) is 4.74 Å². The van der Waals surface area contributed by atoms with Crippen molar-refractivity contribution in [3.05, 3.63) is 35.4 Å². The molecule has 0 amide bonds. The lowest BCUT2D eigenvalue weighted by Crippen LogP contribution is -2.40. The Morgan fingerprint density at radius 3 is 2.47 bits per heavy atom. The first-order chi connectivity index (χ1) is 7.15. The van der Waals surface area contributed by atoms with E-state index in [0.717, 1.165) is 6.07 Å². The van der Waals surface area contributed by atoms with Crippen molar-refractivity contribution in [2.45, 2.75) is 19.1 Å². The SMILES string of the molecule is C[C@@H]1CO[C@@H](c2cc(F)cc(F)c2)CN1. The van der Waals surface area contributed by atoms with E-state index in [9.17, 15) is 8.78 Å². The molecule has 1 aromatic rings. The molecule has 0 aromatic heterocycles. The number of nitrogens with one attached hydrogen (secondary N) is 1. The second kappa shape index (κ2) is 4.24. The molecule has 15 heavy (non-hydrogen) atoms. The van der Waals surface area contributed by atoms with Crippen LogP contribution in [0.1, 0.15) is 18.6 Å². The molecule has 1 N–H and O–H groups in total. The molecule has 1 heterocycles. The van der Waals surface area contributed by atoms with Gasteiger partial charge in [0, 0.05) is 18.7 Å². The summed E-state index contributed by atoms with van der Waals surface area (Å²) < 4.78 is 31.4. The number of hydrogen-bond donors (Lipinski definition) is 1. The van der Waals surface area contributed by atoms with Gasteiger partial charge in [-0.2, -0.15) is 0 Å². The third-order valence-electron chi connectivity index (χ3n) is 2.46. The van der Waals surface area contributed by atoms with Crippen molar-refractivity contribution >= 4 is 0 Å². The molecule has 1 aliphatic heterocycles.